The molecule has 0 radical (unpaired) electrons. The average Bonchev–Trinajstić information content (AvgIpc) is 2.33. The van der Waals surface area contributed by atoms with E-state index in [0.29, 0.717) is 0 Å². The third-order valence-corrected chi connectivity index (χ3v) is 3.08. The Labute approximate surface area is 146 Å². The zero-order valence-corrected chi connectivity index (χ0v) is 13.7. The molecule has 1 aromatic carbocycles. The van der Waals surface area contributed by atoms with E-state index in [1.54, 1.807) is 0 Å². The van der Waals surface area contributed by atoms with E-state index in [4.69, 9.17) is 5.11 Å². The topological polar surface area (TPSA) is 26.7 Å². The van der Waals surface area contributed by atoms with E-state index in [-0.39, 0.29) is 58.0 Å². The fourth-order valence-electron chi connectivity index (χ4n) is 1.96. The number of nitrogens with zero attached hydrogens (tertiary/aromatic N) is 2. The molecule has 1 aromatic rings. The van der Waals surface area contributed by atoms with Crippen molar-refractivity contribution in [3.63, 3.8) is 0 Å². The fraction of sp³-hybridized carbons (Fsp3) is 0.462. The second-order valence-corrected chi connectivity index (χ2v) is 4.37. The van der Waals surface area contributed by atoms with Crippen LogP contribution >= 0.6 is 0 Å². The van der Waals surface area contributed by atoms with Gasteiger partial charge in [-0.15, -0.1) is 0 Å². The van der Waals surface area contributed by atoms with Crippen molar-refractivity contribution in [3.05, 3.63) is 42.4 Å². The minimum absolute atomic E-state index is 0. The minimum Gasteiger partial charge on any atom is -0.457 e. The largest absolute Gasteiger partial charge is 1.00 e. The molecule has 0 unspecified atom stereocenters. The van der Waals surface area contributed by atoms with Crippen molar-refractivity contribution in [1.82, 2.24) is 9.80 Å². The van der Waals surface area contributed by atoms with Gasteiger partial charge in [-0.1, -0.05) is 24.3 Å². The quantitative estimate of drug-likeness (QED) is 0.506. The molecule has 0 aliphatic carbocycles. The molecule has 0 amide bonds. The van der Waals surface area contributed by atoms with Crippen LogP contribution in [0.4, 0.5) is 0 Å². The van der Waals surface area contributed by atoms with E-state index in [1.807, 2.05) is 12.1 Å². The van der Waals surface area contributed by atoms with Crippen LogP contribution in [0.1, 0.15) is 11.1 Å². The van der Waals surface area contributed by atoms with Crippen LogP contribution in [0.3, 0.4) is 0 Å². The summed E-state index contributed by atoms with van der Waals surface area (Å²) in [7, 11) is 3.94. The maximum Gasteiger partial charge on any atom is 1.00 e. The van der Waals surface area contributed by atoms with E-state index in [0.717, 1.165) is 38.3 Å². The first-order chi connectivity index (χ1) is 7.78. The Morgan fingerprint density at radius 3 is 2.06 bits per heavy atom. The number of rotatable bonds is 3. The molecule has 1 N–H and O–H groups in total. The van der Waals surface area contributed by atoms with Crippen molar-refractivity contribution >= 4 is 0 Å². The van der Waals surface area contributed by atoms with Crippen LogP contribution in [0.15, 0.2) is 24.3 Å². The summed E-state index contributed by atoms with van der Waals surface area (Å²) in [5, 5.41) is 8.96. The molecular formula is C13H19KN2O. The first kappa shape index (κ1) is 15.8. The van der Waals surface area contributed by atoms with Crippen molar-refractivity contribution in [1.29, 1.82) is 0 Å². The maximum atomic E-state index is 8.96. The summed E-state index contributed by atoms with van der Waals surface area (Å²) in [5.41, 5.74) is 2.29. The zero-order valence-electron chi connectivity index (χ0n) is 10.6. The SMILES string of the molecule is [CH2-]N1CCN(Cc2ccc(CO)cc2)CC1.[K+]. The van der Waals surface area contributed by atoms with Crippen LogP contribution < -0.4 is 51.4 Å². The Kier molecular flexibility index (Phi) is 7.45. The summed E-state index contributed by atoms with van der Waals surface area (Å²) in [4.78, 5) is 4.56. The Balaban J connectivity index is 0.00000144. The Hall–Kier alpha value is 0.736. The second-order valence-electron chi connectivity index (χ2n) is 4.37. The maximum absolute atomic E-state index is 8.96. The summed E-state index contributed by atoms with van der Waals surface area (Å²) in [6, 6.07) is 8.18. The van der Waals surface area contributed by atoms with Gasteiger partial charge in [-0.2, -0.15) is 0 Å². The Bertz CT molecular complexity index is 321. The van der Waals surface area contributed by atoms with Gasteiger partial charge in [0.1, 0.15) is 0 Å². The van der Waals surface area contributed by atoms with Crippen molar-refractivity contribution in [2.45, 2.75) is 13.2 Å². The predicted octanol–water partition coefficient (Wildman–Crippen LogP) is -1.91. The van der Waals surface area contributed by atoms with E-state index in [1.165, 1.54) is 5.56 Å². The monoisotopic (exact) mass is 258 g/mol. The summed E-state index contributed by atoms with van der Waals surface area (Å²) < 4.78 is 0. The summed E-state index contributed by atoms with van der Waals surface area (Å²) in [6.45, 7) is 5.40. The van der Waals surface area contributed by atoms with Gasteiger partial charge in [0.25, 0.3) is 0 Å². The smallest absolute Gasteiger partial charge is 0.457 e. The van der Waals surface area contributed by atoms with E-state index in [2.05, 4.69) is 29.0 Å². The van der Waals surface area contributed by atoms with Gasteiger partial charge in [0.15, 0.2) is 0 Å². The number of aliphatic hydroxyl groups is 1. The van der Waals surface area contributed by atoms with Gasteiger partial charge in [0.05, 0.1) is 6.61 Å². The van der Waals surface area contributed by atoms with Crippen LogP contribution in [0.5, 0.6) is 0 Å². The number of piperazine rings is 1. The van der Waals surface area contributed by atoms with Gasteiger partial charge in [-0.25, -0.2) is 0 Å². The third-order valence-electron chi connectivity index (χ3n) is 3.08. The number of benzene rings is 1. The van der Waals surface area contributed by atoms with E-state index in [9.17, 15) is 0 Å². The van der Waals surface area contributed by atoms with Crippen LogP contribution in [0.2, 0.25) is 0 Å². The summed E-state index contributed by atoms with van der Waals surface area (Å²) in [5.74, 6) is 0. The van der Waals surface area contributed by atoms with E-state index < -0.39 is 0 Å². The molecule has 1 fully saturated rings. The molecular weight excluding hydrogens is 239 g/mol. The minimum atomic E-state index is 0. The second kappa shape index (κ2) is 8.02. The van der Waals surface area contributed by atoms with Crippen molar-refractivity contribution in [3.8, 4) is 0 Å². The van der Waals surface area contributed by atoms with Gasteiger partial charge in [-0.05, 0) is 24.2 Å². The average molecular weight is 258 g/mol. The first-order valence-corrected chi connectivity index (χ1v) is 5.74. The van der Waals surface area contributed by atoms with Crippen molar-refractivity contribution in [2.24, 2.45) is 0 Å². The molecule has 1 heterocycles. The summed E-state index contributed by atoms with van der Waals surface area (Å²) in [6.07, 6.45) is 0. The molecule has 17 heavy (non-hydrogen) atoms. The van der Waals surface area contributed by atoms with Crippen molar-refractivity contribution < 1.29 is 56.5 Å². The number of hydrogen-bond donors (Lipinski definition) is 1. The number of hydrogen-bond acceptors (Lipinski definition) is 3. The first-order valence-electron chi connectivity index (χ1n) is 5.74. The summed E-state index contributed by atoms with van der Waals surface area (Å²) >= 11 is 0. The molecule has 0 spiro atoms. The van der Waals surface area contributed by atoms with E-state index >= 15 is 0 Å². The Morgan fingerprint density at radius 2 is 1.53 bits per heavy atom. The van der Waals surface area contributed by atoms with Gasteiger partial charge in [0.2, 0.25) is 0 Å². The Morgan fingerprint density at radius 1 is 1.00 bits per heavy atom. The fourth-order valence-corrected chi connectivity index (χ4v) is 1.96. The van der Waals surface area contributed by atoms with Crippen LogP contribution in [-0.4, -0.2) is 41.1 Å². The molecule has 0 saturated carbocycles. The molecule has 88 valence electrons. The molecule has 2 rings (SSSR count). The molecule has 0 atom stereocenters. The normalized spacial score (nSPS) is 17.8. The van der Waals surface area contributed by atoms with Gasteiger partial charge in [0, 0.05) is 19.6 Å². The van der Waals surface area contributed by atoms with Gasteiger partial charge >= 0.3 is 51.4 Å². The standard InChI is InChI=1S/C13H19N2O.K/c1-14-6-8-15(9-7-14)10-12-2-4-13(11-16)5-3-12;/h2-5,16H,1,6-11H2;/q-1;+1. The van der Waals surface area contributed by atoms with Gasteiger partial charge in [-0.3, -0.25) is 11.9 Å². The third kappa shape index (κ3) is 5.08. The number of aliphatic hydroxyl groups excluding tert-OH is 1. The molecule has 1 saturated heterocycles. The van der Waals surface area contributed by atoms with Crippen LogP contribution in [0, 0.1) is 7.05 Å². The zero-order chi connectivity index (χ0) is 11.4. The molecule has 3 nitrogen and oxygen atoms in total. The molecule has 1 aliphatic heterocycles. The van der Waals surface area contributed by atoms with Crippen molar-refractivity contribution in [2.75, 3.05) is 26.2 Å². The van der Waals surface area contributed by atoms with Crippen LogP contribution in [-0.2, 0) is 13.2 Å². The van der Waals surface area contributed by atoms with Crippen LogP contribution in [0.25, 0.3) is 0 Å². The molecule has 0 aromatic heterocycles. The predicted molar refractivity (Wildman–Crippen MR) is 64.6 cm³/mol. The molecule has 1 aliphatic rings. The molecule has 0 bridgehead atoms. The molecule has 4 heteroatoms. The van der Waals surface area contributed by atoms with Gasteiger partial charge < -0.3 is 10.0 Å².